The second-order valence-corrected chi connectivity index (χ2v) is 7.70. The van der Waals surface area contributed by atoms with E-state index in [2.05, 4.69) is 30.4 Å². The van der Waals surface area contributed by atoms with E-state index in [1.54, 1.807) is 14.2 Å². The summed E-state index contributed by atoms with van der Waals surface area (Å²) in [6, 6.07) is 7.39. The van der Waals surface area contributed by atoms with Gasteiger partial charge in [-0.05, 0) is 43.9 Å². The Hall–Kier alpha value is -1.10. The number of fused-ring (bicyclic) bond motifs is 2. The van der Waals surface area contributed by atoms with Crippen LogP contribution in [0.1, 0.15) is 49.8 Å². The third kappa shape index (κ3) is 2.39. The van der Waals surface area contributed by atoms with Crippen LogP contribution >= 0.6 is 0 Å². The van der Waals surface area contributed by atoms with E-state index in [-0.39, 0.29) is 0 Å². The molecule has 132 valence electrons. The lowest BCUT2D eigenvalue weighted by atomic mass is 9.46. The Kier molecular flexibility index (Phi) is 4.31. The number of benzene rings is 1. The number of ether oxygens (including phenoxy) is 3. The monoisotopic (exact) mass is 331 g/mol. The van der Waals surface area contributed by atoms with Gasteiger partial charge in [0.05, 0.1) is 19.8 Å². The van der Waals surface area contributed by atoms with Crippen molar-refractivity contribution in [3.63, 3.8) is 0 Å². The van der Waals surface area contributed by atoms with Crippen molar-refractivity contribution >= 4 is 0 Å². The van der Waals surface area contributed by atoms with Crippen LogP contribution in [0.3, 0.4) is 0 Å². The molecule has 3 fully saturated rings. The molecule has 4 rings (SSSR count). The molecule has 3 aliphatic rings. The van der Waals surface area contributed by atoms with Gasteiger partial charge in [-0.3, -0.25) is 0 Å². The largest absolute Gasteiger partial charge is 0.496 e. The van der Waals surface area contributed by atoms with Gasteiger partial charge in [-0.15, -0.1) is 0 Å². The Morgan fingerprint density at radius 3 is 2.83 bits per heavy atom. The Balaban J connectivity index is 1.50. The summed E-state index contributed by atoms with van der Waals surface area (Å²) in [5.41, 5.74) is 2.84. The molecular formula is C20H29NO3. The van der Waals surface area contributed by atoms with E-state index in [4.69, 9.17) is 14.2 Å². The van der Waals surface area contributed by atoms with E-state index in [9.17, 15) is 0 Å². The fraction of sp³-hybridized carbons (Fsp3) is 0.700. The first-order valence-corrected chi connectivity index (χ1v) is 9.23. The summed E-state index contributed by atoms with van der Waals surface area (Å²) in [6.07, 6.45) is 5.76. The zero-order valence-electron chi connectivity index (χ0n) is 15.0. The molecule has 1 aromatic carbocycles. The van der Waals surface area contributed by atoms with Gasteiger partial charge in [0.15, 0.2) is 0 Å². The summed E-state index contributed by atoms with van der Waals surface area (Å²) >= 11 is 0. The van der Waals surface area contributed by atoms with Crippen molar-refractivity contribution in [3.05, 3.63) is 29.3 Å². The van der Waals surface area contributed by atoms with Gasteiger partial charge in [0, 0.05) is 42.7 Å². The molecule has 24 heavy (non-hydrogen) atoms. The molecule has 4 atom stereocenters. The van der Waals surface area contributed by atoms with Crippen LogP contribution in [0.5, 0.6) is 5.75 Å². The zero-order valence-corrected chi connectivity index (χ0v) is 15.0. The average Bonchev–Trinajstić information content (AvgIpc) is 2.96. The standard InChI is InChI=1S/C20H29NO3/c1-13(14-5-6-17(23-3)15(11-14)12-22-2)21-18-16-7-10-24-19(16)20(18)8-4-9-20/h5-6,11,13,16,18-19,21H,4,7-10,12H2,1-3H3. The normalized spacial score (nSPS) is 31.2. The van der Waals surface area contributed by atoms with Gasteiger partial charge in [0.25, 0.3) is 0 Å². The minimum absolute atomic E-state index is 0.329. The molecule has 1 aromatic rings. The fourth-order valence-corrected chi connectivity index (χ4v) is 5.20. The maximum absolute atomic E-state index is 6.04. The Morgan fingerprint density at radius 1 is 1.33 bits per heavy atom. The first-order chi connectivity index (χ1) is 11.7. The lowest BCUT2D eigenvalue weighted by Gasteiger charge is -2.64. The van der Waals surface area contributed by atoms with E-state index < -0.39 is 0 Å². The molecule has 4 nitrogen and oxygen atoms in total. The molecule has 1 spiro atoms. The van der Waals surface area contributed by atoms with Crippen molar-refractivity contribution in [2.24, 2.45) is 11.3 Å². The molecule has 4 unspecified atom stereocenters. The summed E-state index contributed by atoms with van der Waals surface area (Å²) in [6.45, 7) is 3.80. The minimum atomic E-state index is 0.329. The van der Waals surface area contributed by atoms with Crippen molar-refractivity contribution in [2.45, 2.75) is 57.4 Å². The lowest BCUT2D eigenvalue weighted by Crippen LogP contribution is -2.71. The molecule has 2 aliphatic carbocycles. The SMILES string of the molecule is COCc1cc(C(C)NC2C3CCOC3C23CCC3)ccc1OC. The third-order valence-electron chi connectivity index (χ3n) is 6.57. The first-order valence-electron chi connectivity index (χ1n) is 9.23. The highest BCUT2D eigenvalue weighted by Gasteiger charge is 2.66. The van der Waals surface area contributed by atoms with E-state index in [1.165, 1.54) is 31.2 Å². The van der Waals surface area contributed by atoms with Gasteiger partial charge < -0.3 is 19.5 Å². The van der Waals surface area contributed by atoms with Gasteiger partial charge in [-0.1, -0.05) is 12.5 Å². The van der Waals surface area contributed by atoms with Gasteiger partial charge in [-0.2, -0.15) is 0 Å². The molecule has 4 heteroatoms. The molecule has 1 N–H and O–H groups in total. The summed E-state index contributed by atoms with van der Waals surface area (Å²) in [5.74, 6) is 1.61. The van der Waals surface area contributed by atoms with Crippen LogP contribution in [0.15, 0.2) is 18.2 Å². The van der Waals surface area contributed by atoms with Crippen LogP contribution in [0.2, 0.25) is 0 Å². The van der Waals surface area contributed by atoms with Gasteiger partial charge >= 0.3 is 0 Å². The van der Waals surface area contributed by atoms with E-state index >= 15 is 0 Å². The molecule has 0 radical (unpaired) electrons. The number of methoxy groups -OCH3 is 2. The van der Waals surface area contributed by atoms with Gasteiger partial charge in [0.1, 0.15) is 5.75 Å². The van der Waals surface area contributed by atoms with Crippen LogP contribution in [0.25, 0.3) is 0 Å². The maximum atomic E-state index is 6.04. The Morgan fingerprint density at radius 2 is 2.17 bits per heavy atom. The predicted octanol–water partition coefficient (Wildman–Crippen LogP) is 3.45. The molecule has 0 aromatic heterocycles. The summed E-state index contributed by atoms with van der Waals surface area (Å²) in [7, 11) is 3.44. The van der Waals surface area contributed by atoms with Crippen LogP contribution in [0.4, 0.5) is 0 Å². The molecule has 0 bridgehead atoms. The van der Waals surface area contributed by atoms with Crippen molar-refractivity contribution in [1.82, 2.24) is 5.32 Å². The van der Waals surface area contributed by atoms with Gasteiger partial charge in [0.2, 0.25) is 0 Å². The van der Waals surface area contributed by atoms with E-state index in [0.717, 1.165) is 17.9 Å². The van der Waals surface area contributed by atoms with Crippen molar-refractivity contribution in [3.8, 4) is 5.75 Å². The maximum Gasteiger partial charge on any atom is 0.124 e. The van der Waals surface area contributed by atoms with E-state index in [1.807, 2.05) is 0 Å². The highest BCUT2D eigenvalue weighted by Crippen LogP contribution is 2.63. The Labute approximate surface area is 144 Å². The minimum Gasteiger partial charge on any atom is -0.496 e. The number of rotatable bonds is 6. The average molecular weight is 331 g/mol. The summed E-state index contributed by atoms with van der Waals surface area (Å²) in [4.78, 5) is 0. The third-order valence-corrected chi connectivity index (χ3v) is 6.57. The smallest absolute Gasteiger partial charge is 0.124 e. The molecule has 1 heterocycles. The predicted molar refractivity (Wildman–Crippen MR) is 93.2 cm³/mol. The van der Waals surface area contributed by atoms with Crippen molar-refractivity contribution in [2.75, 3.05) is 20.8 Å². The van der Waals surface area contributed by atoms with Gasteiger partial charge in [-0.25, -0.2) is 0 Å². The second-order valence-electron chi connectivity index (χ2n) is 7.70. The van der Waals surface area contributed by atoms with E-state index in [0.29, 0.717) is 36.1 Å². The van der Waals surface area contributed by atoms with Crippen LogP contribution in [-0.4, -0.2) is 33.0 Å². The first kappa shape index (κ1) is 16.4. The van der Waals surface area contributed by atoms with Crippen molar-refractivity contribution < 1.29 is 14.2 Å². The number of hydrogen-bond acceptors (Lipinski definition) is 4. The lowest BCUT2D eigenvalue weighted by molar-refractivity contribution is -0.178. The zero-order chi connectivity index (χ0) is 16.7. The second kappa shape index (κ2) is 6.32. The summed E-state index contributed by atoms with van der Waals surface area (Å²) in [5, 5.41) is 3.94. The number of hydrogen-bond donors (Lipinski definition) is 1. The molecule has 1 saturated heterocycles. The Bertz CT molecular complexity index is 599. The topological polar surface area (TPSA) is 39.7 Å². The highest BCUT2D eigenvalue weighted by atomic mass is 16.5. The highest BCUT2D eigenvalue weighted by molar-refractivity contribution is 5.38. The van der Waals surface area contributed by atoms with Crippen LogP contribution in [0, 0.1) is 11.3 Å². The summed E-state index contributed by atoms with van der Waals surface area (Å²) < 4.78 is 16.8. The molecule has 0 amide bonds. The van der Waals surface area contributed by atoms with Crippen molar-refractivity contribution in [1.29, 1.82) is 0 Å². The molecular weight excluding hydrogens is 302 g/mol. The van der Waals surface area contributed by atoms with Crippen LogP contribution in [-0.2, 0) is 16.1 Å². The van der Waals surface area contributed by atoms with Crippen LogP contribution < -0.4 is 10.1 Å². The quantitative estimate of drug-likeness (QED) is 0.867. The molecule has 2 saturated carbocycles. The number of nitrogens with one attached hydrogen (secondary N) is 1. The fourth-order valence-electron chi connectivity index (χ4n) is 5.20. The molecule has 1 aliphatic heterocycles.